The van der Waals surface area contributed by atoms with Gasteiger partial charge in [0.1, 0.15) is 5.75 Å². The van der Waals surface area contributed by atoms with E-state index < -0.39 is 17.9 Å². The van der Waals surface area contributed by atoms with Crippen LogP contribution in [0.3, 0.4) is 0 Å². The van der Waals surface area contributed by atoms with E-state index in [0.29, 0.717) is 34.1 Å². The molecule has 180 valence electrons. The van der Waals surface area contributed by atoms with Crippen LogP contribution in [0, 0.1) is 0 Å². The Bertz CT molecular complexity index is 1480. The van der Waals surface area contributed by atoms with Crippen LogP contribution in [0.1, 0.15) is 25.0 Å². The summed E-state index contributed by atoms with van der Waals surface area (Å²) < 4.78 is 1.77. The number of rotatable bonds is 8. The zero-order valence-corrected chi connectivity index (χ0v) is 19.7. The molecule has 35 heavy (non-hydrogen) atoms. The number of nitrogens with zero attached hydrogens (tertiary/aromatic N) is 2. The zero-order chi connectivity index (χ0) is 24.7. The number of phenolic OH excluding ortho intramolecular Hbond substituents is 1. The third kappa shape index (κ3) is 3.90. The van der Waals surface area contributed by atoms with E-state index in [1.165, 1.54) is 0 Å². The fourth-order valence-electron chi connectivity index (χ4n) is 5.00. The van der Waals surface area contributed by atoms with Gasteiger partial charge < -0.3 is 24.7 Å². The Hall–Kier alpha value is -3.88. The maximum Gasteiger partial charge on any atom is 0.259 e. The second-order valence-corrected chi connectivity index (χ2v) is 8.79. The Morgan fingerprint density at radius 1 is 0.943 bits per heavy atom. The Morgan fingerprint density at radius 2 is 1.63 bits per heavy atom. The van der Waals surface area contributed by atoms with Crippen LogP contribution >= 0.6 is 0 Å². The summed E-state index contributed by atoms with van der Waals surface area (Å²) in [5, 5.41) is 25.4. The molecule has 2 amide bonds. The van der Waals surface area contributed by atoms with E-state index in [1.54, 1.807) is 29.1 Å². The van der Waals surface area contributed by atoms with Gasteiger partial charge in [-0.05, 0) is 25.2 Å². The summed E-state index contributed by atoms with van der Waals surface area (Å²) in [7, 11) is 0. The smallest absolute Gasteiger partial charge is 0.259 e. The summed E-state index contributed by atoms with van der Waals surface area (Å²) in [6.07, 6.45) is 2.81. The van der Waals surface area contributed by atoms with Crippen molar-refractivity contribution in [3.05, 3.63) is 66.0 Å². The minimum absolute atomic E-state index is 0.0442. The van der Waals surface area contributed by atoms with E-state index in [4.69, 9.17) is 0 Å². The lowest BCUT2D eigenvalue weighted by Crippen LogP contribution is -2.34. The molecule has 0 spiro atoms. The quantitative estimate of drug-likeness (QED) is 0.295. The van der Waals surface area contributed by atoms with Gasteiger partial charge >= 0.3 is 0 Å². The largest absolute Gasteiger partial charge is 0.506 e. The Balaban J connectivity index is 1.68. The molecule has 8 nitrogen and oxygen atoms in total. The molecular formula is C27H28N4O4. The first-order valence-corrected chi connectivity index (χ1v) is 11.8. The highest BCUT2D eigenvalue weighted by Gasteiger charge is 2.35. The van der Waals surface area contributed by atoms with Crippen LogP contribution in [0.25, 0.3) is 33.0 Å². The molecule has 0 saturated heterocycles. The molecule has 3 heterocycles. The molecule has 1 aliphatic rings. The minimum atomic E-state index is -0.681. The van der Waals surface area contributed by atoms with Crippen LogP contribution < -0.4 is 5.32 Å². The number of aliphatic hydroxyl groups is 1. The van der Waals surface area contributed by atoms with Gasteiger partial charge in [-0.25, -0.2) is 0 Å². The van der Waals surface area contributed by atoms with E-state index in [-0.39, 0.29) is 17.9 Å². The minimum Gasteiger partial charge on any atom is -0.506 e. The predicted molar refractivity (Wildman–Crippen MR) is 136 cm³/mol. The van der Waals surface area contributed by atoms with Gasteiger partial charge in [-0.15, -0.1) is 0 Å². The van der Waals surface area contributed by atoms with Crippen molar-refractivity contribution in [2.45, 2.75) is 26.5 Å². The number of para-hydroxylation sites is 2. The molecule has 0 saturated carbocycles. The lowest BCUT2D eigenvalue weighted by molar-refractivity contribution is -0.122. The summed E-state index contributed by atoms with van der Waals surface area (Å²) >= 11 is 0. The van der Waals surface area contributed by atoms with E-state index >= 15 is 0 Å². The van der Waals surface area contributed by atoms with E-state index in [0.717, 1.165) is 24.0 Å². The molecule has 2 aromatic carbocycles. The number of aliphatic hydroxyl groups excluding tert-OH is 1. The first kappa shape index (κ1) is 22.9. The molecule has 0 fully saturated rings. The first-order chi connectivity index (χ1) is 16.9. The number of carbonyl (C=O) groups excluding carboxylic acids is 2. The number of fused-ring (bicyclic) bond motifs is 2. The number of hydrogen-bond acceptors (Lipinski definition) is 5. The molecule has 2 aromatic heterocycles. The second-order valence-electron chi connectivity index (χ2n) is 8.79. The van der Waals surface area contributed by atoms with Crippen LogP contribution in [0.5, 0.6) is 5.75 Å². The molecule has 5 rings (SSSR count). The number of H-pyrrole nitrogens is 1. The summed E-state index contributed by atoms with van der Waals surface area (Å²) in [6.45, 7) is 6.44. The molecule has 1 aliphatic heterocycles. The van der Waals surface area contributed by atoms with Crippen LogP contribution in [0.2, 0.25) is 0 Å². The Labute approximate surface area is 202 Å². The standard InChI is InChI=1S/C27H28N4O4/c1-3-30(4-2)13-16(32)14-31-15-20(18-9-7-11-22(33)25(18)31)24-23(26(34)29-27(24)35)19-12-28-21-10-6-5-8-17(19)21/h5-12,15-16,28,32-33H,3-4,13-14H2,1-2H3,(H,29,34,35). The fourth-order valence-corrected chi connectivity index (χ4v) is 5.00. The first-order valence-electron chi connectivity index (χ1n) is 11.8. The van der Waals surface area contributed by atoms with Gasteiger partial charge in [-0.2, -0.15) is 0 Å². The molecule has 1 atom stereocenters. The topological polar surface area (TPSA) is 111 Å². The lowest BCUT2D eigenvalue weighted by atomic mass is 9.95. The highest BCUT2D eigenvalue weighted by atomic mass is 16.3. The monoisotopic (exact) mass is 472 g/mol. The van der Waals surface area contributed by atoms with Crippen molar-refractivity contribution in [1.82, 2.24) is 19.8 Å². The maximum atomic E-state index is 13.1. The number of likely N-dealkylation sites (N-methyl/N-ethyl adjacent to an activating group) is 1. The van der Waals surface area contributed by atoms with E-state index in [1.807, 2.05) is 44.2 Å². The third-order valence-electron chi connectivity index (χ3n) is 6.71. The average molecular weight is 473 g/mol. The molecule has 4 aromatic rings. The van der Waals surface area contributed by atoms with Crippen molar-refractivity contribution in [3.8, 4) is 5.75 Å². The lowest BCUT2D eigenvalue weighted by Gasteiger charge is -2.22. The van der Waals surface area contributed by atoms with Gasteiger partial charge in [0.25, 0.3) is 11.8 Å². The molecule has 1 unspecified atom stereocenters. The van der Waals surface area contributed by atoms with Crippen LogP contribution in [-0.2, 0) is 16.1 Å². The van der Waals surface area contributed by atoms with Crippen molar-refractivity contribution >= 4 is 44.8 Å². The number of aromatic amines is 1. The SMILES string of the molecule is CCN(CC)CC(O)Cn1cc(C2=C(c3c[nH]c4ccccc34)C(=O)NC2=O)c2cccc(O)c21. The van der Waals surface area contributed by atoms with E-state index in [9.17, 15) is 19.8 Å². The summed E-state index contributed by atoms with van der Waals surface area (Å²) in [5.41, 5.74) is 3.10. The number of phenols is 1. The number of imide groups is 1. The van der Waals surface area contributed by atoms with Crippen molar-refractivity contribution in [2.75, 3.05) is 19.6 Å². The van der Waals surface area contributed by atoms with Crippen molar-refractivity contribution < 1.29 is 19.8 Å². The summed E-state index contributed by atoms with van der Waals surface area (Å²) in [6, 6.07) is 12.7. The van der Waals surface area contributed by atoms with Gasteiger partial charge in [0.05, 0.1) is 22.8 Å². The second kappa shape index (κ2) is 9.05. The number of carbonyl (C=O) groups is 2. The normalized spacial score (nSPS) is 15.1. The highest BCUT2D eigenvalue weighted by Crippen LogP contribution is 2.40. The molecule has 0 bridgehead atoms. The average Bonchev–Trinajstić information content (AvgIpc) is 3.51. The molecule has 4 N–H and O–H groups in total. The number of aromatic nitrogens is 2. The number of hydrogen-bond donors (Lipinski definition) is 4. The number of aromatic hydroxyl groups is 1. The van der Waals surface area contributed by atoms with Gasteiger partial charge in [-0.1, -0.05) is 44.2 Å². The van der Waals surface area contributed by atoms with Gasteiger partial charge in [0, 0.05) is 52.9 Å². The Kier molecular flexibility index (Phi) is 5.92. The molecular weight excluding hydrogens is 444 g/mol. The number of amides is 2. The van der Waals surface area contributed by atoms with Gasteiger partial charge in [0.2, 0.25) is 0 Å². The van der Waals surface area contributed by atoms with Gasteiger partial charge in [-0.3, -0.25) is 14.9 Å². The van der Waals surface area contributed by atoms with Crippen molar-refractivity contribution in [3.63, 3.8) is 0 Å². The predicted octanol–water partition coefficient (Wildman–Crippen LogP) is 3.10. The van der Waals surface area contributed by atoms with Gasteiger partial charge in [0.15, 0.2) is 0 Å². The Morgan fingerprint density at radius 3 is 2.37 bits per heavy atom. The van der Waals surface area contributed by atoms with Crippen molar-refractivity contribution in [2.24, 2.45) is 0 Å². The summed E-state index contributed by atoms with van der Waals surface area (Å²) in [4.78, 5) is 31.4. The molecule has 0 aliphatic carbocycles. The van der Waals surface area contributed by atoms with E-state index in [2.05, 4.69) is 15.2 Å². The fraction of sp³-hybridized carbons (Fsp3) is 0.259. The summed E-state index contributed by atoms with van der Waals surface area (Å²) in [5.74, 6) is -0.901. The van der Waals surface area contributed by atoms with Crippen LogP contribution in [0.15, 0.2) is 54.9 Å². The molecule has 0 radical (unpaired) electrons. The molecule has 8 heteroatoms. The van der Waals surface area contributed by atoms with Crippen LogP contribution in [-0.4, -0.2) is 62.2 Å². The van der Waals surface area contributed by atoms with Crippen LogP contribution in [0.4, 0.5) is 0 Å². The zero-order valence-electron chi connectivity index (χ0n) is 19.7. The number of nitrogens with one attached hydrogen (secondary N) is 2. The third-order valence-corrected chi connectivity index (χ3v) is 6.71. The van der Waals surface area contributed by atoms with Crippen molar-refractivity contribution in [1.29, 1.82) is 0 Å². The number of benzene rings is 2. The highest BCUT2D eigenvalue weighted by molar-refractivity contribution is 6.50. The maximum absolute atomic E-state index is 13.1.